The van der Waals surface area contributed by atoms with Crippen molar-refractivity contribution < 1.29 is 4.79 Å². The van der Waals surface area contributed by atoms with Crippen LogP contribution in [-0.4, -0.2) is 60.0 Å². The van der Waals surface area contributed by atoms with E-state index < -0.39 is 0 Å². The van der Waals surface area contributed by atoms with Crippen LogP contribution in [0.1, 0.15) is 16.1 Å². The molecule has 2 aromatic carbocycles. The van der Waals surface area contributed by atoms with E-state index in [0.717, 1.165) is 43.8 Å². The van der Waals surface area contributed by atoms with Gasteiger partial charge in [0.2, 0.25) is 0 Å². The fourth-order valence-corrected chi connectivity index (χ4v) is 3.47. The average Bonchev–Trinajstić information content (AvgIpc) is 2.74. The number of nitrogens with one attached hydrogen (secondary N) is 1. The monoisotopic (exact) mass is 375 g/mol. The van der Waals surface area contributed by atoms with Gasteiger partial charge in [-0.2, -0.15) is 0 Å². The van der Waals surface area contributed by atoms with Crippen molar-refractivity contribution in [2.24, 2.45) is 0 Å². The maximum atomic E-state index is 12.4. The van der Waals surface area contributed by atoms with Crippen LogP contribution < -0.4 is 10.2 Å². The van der Waals surface area contributed by atoms with Gasteiger partial charge in [0.25, 0.3) is 5.91 Å². The first-order valence-corrected chi connectivity index (χ1v) is 9.73. The molecule has 0 atom stereocenters. The highest BCUT2D eigenvalue weighted by Gasteiger charge is 2.17. The Bertz CT molecular complexity index is 949. The lowest BCUT2D eigenvalue weighted by Crippen LogP contribution is -2.48. The number of carbonyl (C=O) groups excluding carboxylic acids is 1. The molecule has 2 heterocycles. The average molecular weight is 375 g/mol. The van der Waals surface area contributed by atoms with Crippen LogP contribution in [0.4, 0.5) is 5.69 Å². The van der Waals surface area contributed by atoms with Gasteiger partial charge in [0.05, 0.1) is 17.2 Å². The second-order valence-corrected chi connectivity index (χ2v) is 7.16. The number of amides is 1. The first-order chi connectivity index (χ1) is 13.7. The number of carbonyl (C=O) groups is 1. The molecule has 3 aromatic rings. The number of aromatic nitrogens is 2. The molecule has 1 saturated heterocycles. The predicted molar refractivity (Wildman–Crippen MR) is 112 cm³/mol. The number of rotatable bonds is 5. The standard InChI is InChI=1S/C22H25N5O/c1-17-6-8-18(9-7-17)27-14-12-26(13-15-27)11-10-23-22(28)21-16-24-19-4-2-3-5-20(19)25-21/h2-9,16H,10-15H2,1H3,(H,23,28). The summed E-state index contributed by atoms with van der Waals surface area (Å²) in [4.78, 5) is 25.9. The van der Waals surface area contributed by atoms with E-state index >= 15 is 0 Å². The van der Waals surface area contributed by atoms with Crippen LogP contribution >= 0.6 is 0 Å². The Morgan fingerprint density at radius 3 is 2.46 bits per heavy atom. The summed E-state index contributed by atoms with van der Waals surface area (Å²) in [6, 6.07) is 16.3. The Hall–Kier alpha value is -2.99. The number of hydrogen-bond acceptors (Lipinski definition) is 5. The second-order valence-electron chi connectivity index (χ2n) is 7.16. The fraction of sp³-hybridized carbons (Fsp3) is 0.318. The van der Waals surface area contributed by atoms with E-state index in [1.54, 1.807) is 0 Å². The molecule has 0 saturated carbocycles. The Kier molecular flexibility index (Phi) is 5.48. The van der Waals surface area contributed by atoms with Gasteiger partial charge in [-0.25, -0.2) is 4.98 Å². The van der Waals surface area contributed by atoms with Crippen molar-refractivity contribution in [1.82, 2.24) is 20.2 Å². The summed E-state index contributed by atoms with van der Waals surface area (Å²) < 4.78 is 0. The summed E-state index contributed by atoms with van der Waals surface area (Å²) in [6.07, 6.45) is 1.54. The third-order valence-electron chi connectivity index (χ3n) is 5.17. The van der Waals surface area contributed by atoms with Crippen molar-refractivity contribution in [3.8, 4) is 0 Å². The Morgan fingerprint density at radius 1 is 1.00 bits per heavy atom. The quantitative estimate of drug-likeness (QED) is 0.742. The molecule has 0 spiro atoms. The molecule has 28 heavy (non-hydrogen) atoms. The van der Waals surface area contributed by atoms with Gasteiger partial charge in [0, 0.05) is 45.0 Å². The molecule has 1 fully saturated rings. The van der Waals surface area contributed by atoms with Crippen molar-refractivity contribution in [1.29, 1.82) is 0 Å². The van der Waals surface area contributed by atoms with Gasteiger partial charge in [-0.15, -0.1) is 0 Å². The smallest absolute Gasteiger partial charge is 0.271 e. The lowest BCUT2D eigenvalue weighted by Gasteiger charge is -2.36. The van der Waals surface area contributed by atoms with E-state index in [2.05, 4.69) is 56.3 Å². The molecule has 4 rings (SSSR count). The molecular formula is C22H25N5O. The SMILES string of the molecule is Cc1ccc(N2CCN(CCNC(=O)c3cnc4ccccc4n3)CC2)cc1. The van der Waals surface area contributed by atoms with Crippen LogP contribution in [0.2, 0.25) is 0 Å². The molecule has 0 aliphatic carbocycles. The maximum absolute atomic E-state index is 12.4. The van der Waals surface area contributed by atoms with E-state index in [0.29, 0.717) is 12.2 Å². The molecule has 6 heteroatoms. The zero-order chi connectivity index (χ0) is 19.3. The summed E-state index contributed by atoms with van der Waals surface area (Å²) >= 11 is 0. The first kappa shape index (κ1) is 18.4. The third-order valence-corrected chi connectivity index (χ3v) is 5.17. The van der Waals surface area contributed by atoms with Crippen LogP contribution in [0.3, 0.4) is 0 Å². The highest BCUT2D eigenvalue weighted by molar-refractivity contribution is 5.93. The first-order valence-electron chi connectivity index (χ1n) is 9.73. The van der Waals surface area contributed by atoms with Crippen molar-refractivity contribution in [3.63, 3.8) is 0 Å². The Labute approximate surface area is 165 Å². The molecule has 6 nitrogen and oxygen atoms in total. The minimum absolute atomic E-state index is 0.170. The summed E-state index contributed by atoms with van der Waals surface area (Å²) in [5.74, 6) is -0.170. The minimum atomic E-state index is -0.170. The zero-order valence-corrected chi connectivity index (χ0v) is 16.1. The summed E-state index contributed by atoms with van der Waals surface area (Å²) in [6.45, 7) is 7.57. The van der Waals surface area contributed by atoms with Gasteiger partial charge >= 0.3 is 0 Å². The summed E-state index contributed by atoms with van der Waals surface area (Å²) in [5, 5.41) is 2.96. The number of nitrogens with zero attached hydrogens (tertiary/aromatic N) is 4. The molecule has 0 bridgehead atoms. The number of anilines is 1. The lowest BCUT2D eigenvalue weighted by molar-refractivity contribution is 0.0943. The Morgan fingerprint density at radius 2 is 1.71 bits per heavy atom. The number of aryl methyl sites for hydroxylation is 1. The maximum Gasteiger partial charge on any atom is 0.271 e. The molecule has 0 unspecified atom stereocenters. The zero-order valence-electron chi connectivity index (χ0n) is 16.1. The molecule has 0 radical (unpaired) electrons. The fourth-order valence-electron chi connectivity index (χ4n) is 3.47. The van der Waals surface area contributed by atoms with E-state index in [1.165, 1.54) is 17.4 Å². The molecule has 1 aliphatic rings. The highest BCUT2D eigenvalue weighted by atomic mass is 16.1. The van der Waals surface area contributed by atoms with E-state index in [4.69, 9.17) is 0 Å². The van der Waals surface area contributed by atoms with Crippen LogP contribution in [0.25, 0.3) is 11.0 Å². The van der Waals surface area contributed by atoms with Crippen LogP contribution in [0, 0.1) is 6.92 Å². The molecule has 144 valence electrons. The summed E-state index contributed by atoms with van der Waals surface area (Å²) in [7, 11) is 0. The van der Waals surface area contributed by atoms with E-state index in [1.807, 2.05) is 24.3 Å². The third kappa shape index (κ3) is 4.28. The molecule has 1 amide bonds. The van der Waals surface area contributed by atoms with Crippen molar-refractivity contribution in [3.05, 3.63) is 66.0 Å². The van der Waals surface area contributed by atoms with Crippen LogP contribution in [0.5, 0.6) is 0 Å². The molecular weight excluding hydrogens is 350 g/mol. The number of benzene rings is 2. The van der Waals surface area contributed by atoms with Gasteiger partial charge < -0.3 is 10.2 Å². The predicted octanol–water partition coefficient (Wildman–Crippen LogP) is 2.49. The largest absolute Gasteiger partial charge is 0.369 e. The lowest BCUT2D eigenvalue weighted by atomic mass is 10.2. The van der Waals surface area contributed by atoms with Crippen LogP contribution in [-0.2, 0) is 0 Å². The van der Waals surface area contributed by atoms with Gasteiger partial charge in [0.15, 0.2) is 0 Å². The number of piperazine rings is 1. The number of para-hydroxylation sites is 2. The van der Waals surface area contributed by atoms with Gasteiger partial charge in [-0.3, -0.25) is 14.7 Å². The van der Waals surface area contributed by atoms with E-state index in [9.17, 15) is 4.79 Å². The number of fused-ring (bicyclic) bond motifs is 1. The molecule has 1 aromatic heterocycles. The molecule has 1 aliphatic heterocycles. The second kappa shape index (κ2) is 8.35. The van der Waals surface area contributed by atoms with Gasteiger partial charge in [-0.05, 0) is 31.2 Å². The van der Waals surface area contributed by atoms with Crippen molar-refractivity contribution in [2.45, 2.75) is 6.92 Å². The summed E-state index contributed by atoms with van der Waals surface area (Å²) in [5.41, 5.74) is 4.47. The van der Waals surface area contributed by atoms with E-state index in [-0.39, 0.29) is 5.91 Å². The molecule has 1 N–H and O–H groups in total. The van der Waals surface area contributed by atoms with Gasteiger partial charge in [-0.1, -0.05) is 29.8 Å². The van der Waals surface area contributed by atoms with Crippen LogP contribution in [0.15, 0.2) is 54.7 Å². The Balaban J connectivity index is 1.24. The van der Waals surface area contributed by atoms with Gasteiger partial charge in [0.1, 0.15) is 5.69 Å². The van der Waals surface area contributed by atoms with Crippen molar-refractivity contribution in [2.75, 3.05) is 44.2 Å². The minimum Gasteiger partial charge on any atom is -0.369 e. The highest BCUT2D eigenvalue weighted by Crippen LogP contribution is 2.17. The normalized spacial score (nSPS) is 15.0. The van der Waals surface area contributed by atoms with Crippen molar-refractivity contribution >= 4 is 22.6 Å². The number of hydrogen-bond donors (Lipinski definition) is 1. The topological polar surface area (TPSA) is 61.4 Å².